The van der Waals surface area contributed by atoms with Crippen LogP contribution in [0.1, 0.15) is 10.4 Å². The fraction of sp³-hybridized carbons (Fsp3) is 0. The van der Waals surface area contributed by atoms with Gasteiger partial charge in [0.05, 0.1) is 4.47 Å². The van der Waals surface area contributed by atoms with Gasteiger partial charge in [-0.15, -0.1) is 0 Å². The van der Waals surface area contributed by atoms with Crippen LogP contribution in [0.5, 0.6) is 5.75 Å². The van der Waals surface area contributed by atoms with Gasteiger partial charge in [-0.25, -0.2) is 0 Å². The van der Waals surface area contributed by atoms with Crippen molar-refractivity contribution in [1.29, 1.82) is 0 Å². The third kappa shape index (κ3) is 1.99. The average molecular weight is 277 g/mol. The van der Waals surface area contributed by atoms with Crippen LogP contribution in [0.3, 0.4) is 0 Å². The highest BCUT2D eigenvalue weighted by Crippen LogP contribution is 2.36. The quantitative estimate of drug-likeness (QED) is 0.851. The van der Waals surface area contributed by atoms with Crippen LogP contribution in [-0.2, 0) is 0 Å². The van der Waals surface area contributed by atoms with Gasteiger partial charge in [-0.1, -0.05) is 30.3 Å². The second kappa shape index (κ2) is 4.49. The number of hydrogen-bond donors (Lipinski definition) is 1. The molecule has 0 unspecified atom stereocenters. The number of phenolic OH excluding ortho intramolecular Hbond substituents is 1. The number of hydrogen-bond acceptors (Lipinski definition) is 2. The third-order valence-electron chi connectivity index (χ3n) is 2.31. The molecule has 0 aliphatic rings. The molecule has 0 aliphatic heterocycles. The standard InChI is InChI=1S/C13H9BrO2/c14-12-7-9(8-15)6-11(13(12)16)10-4-2-1-3-5-10/h1-8,16H. The average Bonchev–Trinajstić information content (AvgIpc) is 2.33. The maximum atomic E-state index is 10.8. The second-order valence-electron chi connectivity index (χ2n) is 3.38. The van der Waals surface area contributed by atoms with Gasteiger partial charge in [0, 0.05) is 11.1 Å². The molecule has 0 radical (unpaired) electrons. The lowest BCUT2D eigenvalue weighted by atomic mass is 10.0. The number of rotatable bonds is 2. The first-order chi connectivity index (χ1) is 7.72. The van der Waals surface area contributed by atoms with Gasteiger partial charge < -0.3 is 5.11 Å². The van der Waals surface area contributed by atoms with Gasteiger partial charge in [0.25, 0.3) is 0 Å². The fourth-order valence-corrected chi connectivity index (χ4v) is 2.00. The predicted octanol–water partition coefficient (Wildman–Crippen LogP) is 3.63. The van der Waals surface area contributed by atoms with E-state index in [2.05, 4.69) is 15.9 Å². The Labute approximate surface area is 102 Å². The van der Waals surface area contributed by atoms with Crippen molar-refractivity contribution in [2.75, 3.05) is 0 Å². The summed E-state index contributed by atoms with van der Waals surface area (Å²) in [4.78, 5) is 10.8. The Balaban J connectivity index is 2.64. The normalized spacial score (nSPS) is 10.1. The van der Waals surface area contributed by atoms with Crippen LogP contribution in [0.15, 0.2) is 46.9 Å². The number of carbonyl (C=O) groups excluding carboxylic acids is 1. The van der Waals surface area contributed by atoms with Crippen LogP contribution in [0.2, 0.25) is 0 Å². The highest BCUT2D eigenvalue weighted by molar-refractivity contribution is 9.10. The van der Waals surface area contributed by atoms with Crippen molar-refractivity contribution in [2.45, 2.75) is 0 Å². The van der Waals surface area contributed by atoms with Crippen molar-refractivity contribution in [2.24, 2.45) is 0 Å². The summed E-state index contributed by atoms with van der Waals surface area (Å²) in [6.07, 6.45) is 0.761. The molecule has 0 aliphatic carbocycles. The first-order valence-electron chi connectivity index (χ1n) is 4.75. The van der Waals surface area contributed by atoms with E-state index in [0.717, 1.165) is 11.8 Å². The van der Waals surface area contributed by atoms with Crippen molar-refractivity contribution in [3.63, 3.8) is 0 Å². The van der Waals surface area contributed by atoms with E-state index in [1.807, 2.05) is 30.3 Å². The van der Waals surface area contributed by atoms with E-state index in [9.17, 15) is 9.90 Å². The minimum atomic E-state index is 0.150. The summed E-state index contributed by atoms with van der Waals surface area (Å²) in [5, 5.41) is 9.91. The minimum absolute atomic E-state index is 0.150. The maximum Gasteiger partial charge on any atom is 0.150 e. The molecule has 80 valence electrons. The molecular weight excluding hydrogens is 268 g/mol. The van der Waals surface area contributed by atoms with E-state index < -0.39 is 0 Å². The summed E-state index contributed by atoms with van der Waals surface area (Å²) in [6, 6.07) is 12.7. The van der Waals surface area contributed by atoms with Crippen LogP contribution >= 0.6 is 15.9 Å². The van der Waals surface area contributed by atoms with E-state index in [1.54, 1.807) is 12.1 Å². The molecule has 0 atom stereocenters. The first kappa shape index (κ1) is 10.9. The Morgan fingerprint density at radius 1 is 1.12 bits per heavy atom. The zero-order valence-corrected chi connectivity index (χ0v) is 9.94. The van der Waals surface area contributed by atoms with Gasteiger partial charge in [0.15, 0.2) is 0 Å². The lowest BCUT2D eigenvalue weighted by Gasteiger charge is -2.07. The molecule has 1 N–H and O–H groups in total. The van der Waals surface area contributed by atoms with Crippen LogP contribution in [0, 0.1) is 0 Å². The lowest BCUT2D eigenvalue weighted by molar-refractivity contribution is 0.112. The molecule has 0 amide bonds. The largest absolute Gasteiger partial charge is 0.506 e. The Kier molecular flexibility index (Phi) is 3.06. The molecule has 0 saturated heterocycles. The molecule has 2 rings (SSSR count). The highest BCUT2D eigenvalue weighted by Gasteiger charge is 2.09. The number of carbonyl (C=O) groups is 1. The van der Waals surface area contributed by atoms with Gasteiger partial charge in [-0.3, -0.25) is 4.79 Å². The molecule has 0 saturated carbocycles. The second-order valence-corrected chi connectivity index (χ2v) is 4.24. The summed E-state index contributed by atoms with van der Waals surface area (Å²) in [6.45, 7) is 0. The number of aldehydes is 1. The molecule has 0 spiro atoms. The van der Waals surface area contributed by atoms with E-state index in [4.69, 9.17) is 0 Å². The summed E-state index contributed by atoms with van der Waals surface area (Å²) in [7, 11) is 0. The van der Waals surface area contributed by atoms with E-state index in [-0.39, 0.29) is 5.75 Å². The Bertz CT molecular complexity index is 521. The third-order valence-corrected chi connectivity index (χ3v) is 2.91. The van der Waals surface area contributed by atoms with Gasteiger partial charge >= 0.3 is 0 Å². The lowest BCUT2D eigenvalue weighted by Crippen LogP contribution is -1.85. The number of benzene rings is 2. The molecule has 0 aromatic heterocycles. The van der Waals surface area contributed by atoms with E-state index >= 15 is 0 Å². The Morgan fingerprint density at radius 2 is 1.81 bits per heavy atom. The monoisotopic (exact) mass is 276 g/mol. The minimum Gasteiger partial charge on any atom is -0.506 e. The van der Waals surface area contributed by atoms with Gasteiger partial charge in [-0.2, -0.15) is 0 Å². The zero-order chi connectivity index (χ0) is 11.5. The van der Waals surface area contributed by atoms with Crippen molar-refractivity contribution in [3.8, 4) is 16.9 Å². The molecule has 16 heavy (non-hydrogen) atoms. The summed E-state index contributed by atoms with van der Waals surface area (Å²) in [5.41, 5.74) is 2.06. The van der Waals surface area contributed by atoms with Crippen LogP contribution in [-0.4, -0.2) is 11.4 Å². The smallest absolute Gasteiger partial charge is 0.150 e. The number of halogens is 1. The summed E-state index contributed by atoms with van der Waals surface area (Å²) < 4.78 is 0.524. The van der Waals surface area contributed by atoms with E-state index in [0.29, 0.717) is 15.6 Å². The molecule has 2 aromatic carbocycles. The topological polar surface area (TPSA) is 37.3 Å². The van der Waals surface area contributed by atoms with Gasteiger partial charge in [0.2, 0.25) is 0 Å². The molecule has 0 heterocycles. The zero-order valence-electron chi connectivity index (χ0n) is 8.35. The van der Waals surface area contributed by atoms with Crippen LogP contribution in [0.25, 0.3) is 11.1 Å². The molecule has 2 nitrogen and oxygen atoms in total. The Hall–Kier alpha value is -1.61. The highest BCUT2D eigenvalue weighted by atomic mass is 79.9. The van der Waals surface area contributed by atoms with Crippen molar-refractivity contribution in [3.05, 3.63) is 52.5 Å². The fourth-order valence-electron chi connectivity index (χ4n) is 1.53. The molecule has 3 heteroatoms. The summed E-state index contributed by atoms with van der Waals surface area (Å²) in [5.74, 6) is 0.150. The molecule has 2 aromatic rings. The van der Waals surface area contributed by atoms with Crippen molar-refractivity contribution < 1.29 is 9.90 Å². The maximum absolute atomic E-state index is 10.8. The summed E-state index contributed by atoms with van der Waals surface area (Å²) >= 11 is 3.23. The van der Waals surface area contributed by atoms with Crippen LogP contribution < -0.4 is 0 Å². The van der Waals surface area contributed by atoms with Gasteiger partial charge in [-0.05, 0) is 33.6 Å². The molecular formula is C13H9BrO2. The van der Waals surface area contributed by atoms with Crippen LogP contribution in [0.4, 0.5) is 0 Å². The molecule has 0 fully saturated rings. The van der Waals surface area contributed by atoms with E-state index in [1.165, 1.54) is 0 Å². The van der Waals surface area contributed by atoms with Crippen molar-refractivity contribution >= 4 is 22.2 Å². The van der Waals surface area contributed by atoms with Crippen molar-refractivity contribution in [1.82, 2.24) is 0 Å². The number of aromatic hydroxyl groups is 1. The predicted molar refractivity (Wildman–Crippen MR) is 66.6 cm³/mol. The number of phenols is 1. The first-order valence-corrected chi connectivity index (χ1v) is 5.55. The molecule has 0 bridgehead atoms. The Morgan fingerprint density at radius 3 is 2.44 bits per heavy atom. The SMILES string of the molecule is O=Cc1cc(Br)c(O)c(-c2ccccc2)c1. The van der Waals surface area contributed by atoms with Gasteiger partial charge in [0.1, 0.15) is 12.0 Å².